The lowest BCUT2D eigenvalue weighted by Crippen LogP contribution is -2.15. The van der Waals surface area contributed by atoms with Crippen molar-refractivity contribution in [3.8, 4) is 0 Å². The van der Waals surface area contributed by atoms with Crippen LogP contribution in [0.2, 0.25) is 5.02 Å². The topological polar surface area (TPSA) is 72.2 Å². The van der Waals surface area contributed by atoms with Crippen LogP contribution >= 0.6 is 11.6 Å². The van der Waals surface area contributed by atoms with Gasteiger partial charge in [0.25, 0.3) is 10.0 Å². The van der Waals surface area contributed by atoms with Gasteiger partial charge in [0, 0.05) is 0 Å². The molecule has 2 aromatic carbocycles. The van der Waals surface area contributed by atoms with E-state index in [9.17, 15) is 17.2 Å². The number of rotatable bonds is 3. The van der Waals surface area contributed by atoms with Crippen molar-refractivity contribution in [3.63, 3.8) is 0 Å². The molecule has 112 valence electrons. The van der Waals surface area contributed by atoms with E-state index in [0.717, 1.165) is 12.1 Å². The third-order valence-corrected chi connectivity index (χ3v) is 4.40. The van der Waals surface area contributed by atoms with Crippen LogP contribution in [0.3, 0.4) is 0 Å². The molecule has 0 bridgehead atoms. The number of nitrogens with one attached hydrogen (secondary N) is 1. The van der Waals surface area contributed by atoms with Crippen LogP contribution in [0.4, 0.5) is 20.2 Å². The van der Waals surface area contributed by atoms with E-state index in [1.807, 2.05) is 0 Å². The van der Waals surface area contributed by atoms with Gasteiger partial charge in [-0.25, -0.2) is 17.2 Å². The maximum Gasteiger partial charge on any atom is 0.262 e. The van der Waals surface area contributed by atoms with Gasteiger partial charge in [-0.3, -0.25) is 4.72 Å². The molecule has 0 unspecified atom stereocenters. The van der Waals surface area contributed by atoms with Gasteiger partial charge in [0.1, 0.15) is 5.82 Å². The summed E-state index contributed by atoms with van der Waals surface area (Å²) in [6, 6.07) is 5.98. The van der Waals surface area contributed by atoms with Crippen molar-refractivity contribution in [2.75, 3.05) is 10.5 Å². The van der Waals surface area contributed by atoms with E-state index >= 15 is 0 Å². The lowest BCUT2D eigenvalue weighted by Gasteiger charge is -2.11. The fourth-order valence-corrected chi connectivity index (χ4v) is 3.06. The molecule has 0 atom stereocenters. The first kappa shape index (κ1) is 15.5. The minimum Gasteiger partial charge on any atom is -0.396 e. The van der Waals surface area contributed by atoms with Crippen molar-refractivity contribution in [2.45, 2.75) is 11.8 Å². The van der Waals surface area contributed by atoms with Crippen LogP contribution in [0, 0.1) is 18.6 Å². The number of benzene rings is 2. The molecule has 0 aliphatic rings. The van der Waals surface area contributed by atoms with E-state index in [0.29, 0.717) is 0 Å². The molecule has 4 nitrogen and oxygen atoms in total. The summed E-state index contributed by atoms with van der Waals surface area (Å²) in [5.41, 5.74) is 4.87. The van der Waals surface area contributed by atoms with Gasteiger partial charge in [-0.15, -0.1) is 0 Å². The van der Waals surface area contributed by atoms with Gasteiger partial charge in [0.15, 0.2) is 5.82 Å². The van der Waals surface area contributed by atoms with E-state index in [1.165, 1.54) is 25.1 Å². The van der Waals surface area contributed by atoms with Gasteiger partial charge in [0.05, 0.1) is 21.3 Å². The van der Waals surface area contributed by atoms with Crippen LogP contribution in [0.25, 0.3) is 0 Å². The molecule has 0 saturated carbocycles. The molecule has 21 heavy (non-hydrogen) atoms. The van der Waals surface area contributed by atoms with Gasteiger partial charge in [-0.05, 0) is 36.8 Å². The molecule has 0 radical (unpaired) electrons. The summed E-state index contributed by atoms with van der Waals surface area (Å²) < 4.78 is 53.6. The van der Waals surface area contributed by atoms with Crippen LogP contribution in [-0.4, -0.2) is 8.42 Å². The zero-order valence-corrected chi connectivity index (χ0v) is 12.4. The fourth-order valence-electron chi connectivity index (χ4n) is 1.70. The first-order valence-electron chi connectivity index (χ1n) is 5.75. The van der Waals surface area contributed by atoms with E-state index < -0.39 is 21.7 Å². The minimum absolute atomic E-state index is 0.0712. The van der Waals surface area contributed by atoms with Crippen LogP contribution in [-0.2, 0) is 10.0 Å². The molecule has 8 heteroatoms. The number of hydrogen-bond donors (Lipinski definition) is 2. The number of sulfonamides is 1. The summed E-state index contributed by atoms with van der Waals surface area (Å²) in [5.74, 6) is -1.59. The molecular weight excluding hydrogens is 322 g/mol. The van der Waals surface area contributed by atoms with E-state index in [1.54, 1.807) is 0 Å². The van der Waals surface area contributed by atoms with Gasteiger partial charge >= 0.3 is 0 Å². The summed E-state index contributed by atoms with van der Waals surface area (Å²) in [4.78, 5) is -0.265. The molecule has 0 amide bonds. The highest BCUT2D eigenvalue weighted by Crippen LogP contribution is 2.26. The Morgan fingerprint density at radius 1 is 1.19 bits per heavy atom. The summed E-state index contributed by atoms with van der Waals surface area (Å²) in [5, 5.41) is -0.218. The minimum atomic E-state index is -4.11. The Labute approximate surface area is 125 Å². The second-order valence-corrected chi connectivity index (χ2v) is 6.44. The largest absolute Gasteiger partial charge is 0.396 e. The SMILES string of the molecule is Cc1cc(S(=O)(=O)Nc2cccc(Cl)c2F)cc(N)c1F. The second kappa shape index (κ2) is 5.50. The Hall–Kier alpha value is -1.86. The van der Waals surface area contributed by atoms with Gasteiger partial charge < -0.3 is 5.73 Å². The third-order valence-electron chi connectivity index (χ3n) is 2.76. The van der Waals surface area contributed by atoms with Crippen molar-refractivity contribution < 1.29 is 17.2 Å². The Bertz CT molecular complexity index is 787. The number of hydrogen-bond acceptors (Lipinski definition) is 3. The van der Waals surface area contributed by atoms with Gasteiger partial charge in [-0.1, -0.05) is 17.7 Å². The molecule has 0 aliphatic heterocycles. The predicted octanol–water partition coefficient (Wildman–Crippen LogP) is 3.31. The number of nitrogens with two attached hydrogens (primary N) is 1. The molecule has 0 spiro atoms. The summed E-state index contributed by atoms with van der Waals surface area (Å²) in [6.07, 6.45) is 0. The average molecular weight is 333 g/mol. The Balaban J connectivity index is 2.46. The number of halogens is 3. The van der Waals surface area contributed by atoms with Crippen LogP contribution in [0.15, 0.2) is 35.2 Å². The molecule has 2 rings (SSSR count). The lowest BCUT2D eigenvalue weighted by molar-refractivity contribution is 0.596. The highest BCUT2D eigenvalue weighted by atomic mass is 35.5. The molecule has 0 saturated heterocycles. The molecule has 0 aliphatic carbocycles. The van der Waals surface area contributed by atoms with Crippen LogP contribution in [0.1, 0.15) is 5.56 Å². The van der Waals surface area contributed by atoms with E-state index in [-0.39, 0.29) is 26.9 Å². The second-order valence-electron chi connectivity index (χ2n) is 4.35. The molecule has 2 aromatic rings. The molecule has 0 aromatic heterocycles. The van der Waals surface area contributed by atoms with Crippen molar-refractivity contribution in [1.29, 1.82) is 0 Å². The van der Waals surface area contributed by atoms with Crippen LogP contribution in [0.5, 0.6) is 0 Å². The summed E-state index contributed by atoms with van der Waals surface area (Å²) in [6.45, 7) is 1.38. The maximum absolute atomic E-state index is 13.7. The number of aryl methyl sites for hydroxylation is 1. The van der Waals surface area contributed by atoms with Gasteiger partial charge in [-0.2, -0.15) is 0 Å². The standard InChI is InChI=1S/C13H11ClF2N2O2S/c1-7-5-8(6-10(17)12(7)15)21(19,20)18-11-4-2-3-9(14)13(11)16/h2-6,18H,17H2,1H3. The quantitative estimate of drug-likeness (QED) is 0.847. The Morgan fingerprint density at radius 2 is 1.86 bits per heavy atom. The molecule has 3 N–H and O–H groups in total. The zero-order valence-electron chi connectivity index (χ0n) is 10.8. The highest BCUT2D eigenvalue weighted by Gasteiger charge is 2.19. The zero-order chi connectivity index (χ0) is 15.8. The molecular formula is C13H11ClF2N2O2S. The van der Waals surface area contributed by atoms with Gasteiger partial charge in [0.2, 0.25) is 0 Å². The van der Waals surface area contributed by atoms with Crippen molar-refractivity contribution in [2.24, 2.45) is 0 Å². The molecule has 0 fully saturated rings. The average Bonchev–Trinajstić information content (AvgIpc) is 2.40. The van der Waals surface area contributed by atoms with Crippen LogP contribution < -0.4 is 10.5 Å². The smallest absolute Gasteiger partial charge is 0.262 e. The first-order chi connectivity index (χ1) is 9.72. The van der Waals surface area contributed by atoms with Crippen molar-refractivity contribution in [3.05, 3.63) is 52.6 Å². The Kier molecular flexibility index (Phi) is 4.06. The molecule has 0 heterocycles. The monoisotopic (exact) mass is 332 g/mol. The normalized spacial score (nSPS) is 11.4. The fraction of sp³-hybridized carbons (Fsp3) is 0.0769. The maximum atomic E-state index is 13.7. The third kappa shape index (κ3) is 3.08. The predicted molar refractivity (Wildman–Crippen MR) is 77.8 cm³/mol. The van der Waals surface area contributed by atoms with Crippen molar-refractivity contribution >= 4 is 33.0 Å². The highest BCUT2D eigenvalue weighted by molar-refractivity contribution is 7.92. The van der Waals surface area contributed by atoms with Crippen molar-refractivity contribution in [1.82, 2.24) is 0 Å². The van der Waals surface area contributed by atoms with E-state index in [2.05, 4.69) is 4.72 Å². The lowest BCUT2D eigenvalue weighted by atomic mass is 10.2. The van der Waals surface area contributed by atoms with E-state index in [4.69, 9.17) is 17.3 Å². The number of nitrogen functional groups attached to an aromatic ring is 1. The number of anilines is 2. The summed E-state index contributed by atoms with van der Waals surface area (Å²) >= 11 is 5.58. The Morgan fingerprint density at radius 3 is 2.48 bits per heavy atom. The summed E-state index contributed by atoms with van der Waals surface area (Å²) in [7, 11) is -4.11. The first-order valence-corrected chi connectivity index (χ1v) is 7.61.